The number of fused-ring (bicyclic) bond motifs is 1. The van der Waals surface area contributed by atoms with Crippen molar-refractivity contribution in [2.45, 2.75) is 51.4 Å². The van der Waals surface area contributed by atoms with Crippen LogP contribution < -0.4 is 5.32 Å². The number of amides is 2. The van der Waals surface area contributed by atoms with Gasteiger partial charge in [-0.25, -0.2) is 9.78 Å². The van der Waals surface area contributed by atoms with Crippen molar-refractivity contribution in [3.05, 3.63) is 30.2 Å². The Morgan fingerprint density at radius 2 is 1.86 bits per heavy atom. The molecular formula is C26H35N3O6. The maximum atomic E-state index is 13.2. The molecule has 0 spiro atoms. The number of nitrogens with one attached hydrogen (secondary N) is 1. The Balaban J connectivity index is 1.17. The zero-order valence-electron chi connectivity index (χ0n) is 20.2. The van der Waals surface area contributed by atoms with E-state index >= 15 is 0 Å². The third-order valence-electron chi connectivity index (χ3n) is 6.89. The number of carbonyl (C=O) groups excluding carboxylic acids is 3. The largest absolute Gasteiger partial charge is 0.450 e. The number of unbranched alkanes of at least 4 members (excludes halogenated alkanes) is 1. The number of nitrogens with zero attached hydrogens (tertiary/aromatic N) is 2. The first-order chi connectivity index (χ1) is 17.1. The molecule has 1 aromatic heterocycles. The normalized spacial score (nSPS) is 17.8. The highest BCUT2D eigenvalue weighted by molar-refractivity contribution is 5.94. The van der Waals surface area contributed by atoms with Crippen molar-refractivity contribution in [3.8, 4) is 0 Å². The summed E-state index contributed by atoms with van der Waals surface area (Å²) >= 11 is 0. The molecule has 0 bridgehead atoms. The van der Waals surface area contributed by atoms with E-state index in [1.54, 1.807) is 12.1 Å². The summed E-state index contributed by atoms with van der Waals surface area (Å²) in [4.78, 5) is 43.9. The molecule has 1 saturated heterocycles. The predicted molar refractivity (Wildman–Crippen MR) is 129 cm³/mol. The zero-order chi connectivity index (χ0) is 24.5. The number of ketones is 1. The molecular weight excluding hydrogens is 450 g/mol. The van der Waals surface area contributed by atoms with Crippen molar-refractivity contribution >= 4 is 28.9 Å². The maximum Gasteiger partial charge on any atom is 0.407 e. The van der Waals surface area contributed by atoms with Crippen LogP contribution in [0.15, 0.2) is 28.7 Å². The van der Waals surface area contributed by atoms with Gasteiger partial charge in [0.25, 0.3) is 5.89 Å². The standard InChI is InChI=1S/C26H35N3O6/c30-22(24-28-21-10-4-5-12-23(21)35-24)11-6-7-15-34-26(32)27-18-20(19-8-2-1-3-9-19)25(31)29-13-16-33-17-14-29/h4-5,10,12,19-20H,1-3,6-9,11,13-18H2,(H,27,32). The van der Waals surface area contributed by atoms with Crippen LogP contribution in [0.5, 0.6) is 0 Å². The van der Waals surface area contributed by atoms with Crippen LogP contribution >= 0.6 is 0 Å². The number of carbonyl (C=O) groups is 3. The van der Waals surface area contributed by atoms with Gasteiger partial charge in [0.1, 0.15) is 5.52 Å². The minimum atomic E-state index is -0.522. The number of rotatable bonds is 10. The van der Waals surface area contributed by atoms with E-state index in [1.807, 2.05) is 17.0 Å². The summed E-state index contributed by atoms with van der Waals surface area (Å²) < 4.78 is 16.2. The Bertz CT molecular complexity index is 961. The molecule has 1 aromatic carbocycles. The lowest BCUT2D eigenvalue weighted by atomic mass is 9.79. The molecule has 4 rings (SSSR count). The molecule has 9 nitrogen and oxygen atoms in total. The highest BCUT2D eigenvalue weighted by atomic mass is 16.5. The smallest absolute Gasteiger partial charge is 0.407 e. The van der Waals surface area contributed by atoms with Crippen molar-refractivity contribution in [2.24, 2.45) is 11.8 Å². The summed E-state index contributed by atoms with van der Waals surface area (Å²) in [6, 6.07) is 7.26. The van der Waals surface area contributed by atoms with Crippen molar-refractivity contribution in [1.82, 2.24) is 15.2 Å². The summed E-state index contributed by atoms with van der Waals surface area (Å²) in [7, 11) is 0. The number of ether oxygens (including phenoxy) is 2. The number of hydrogen-bond donors (Lipinski definition) is 1. The Hall–Kier alpha value is -2.94. The summed E-state index contributed by atoms with van der Waals surface area (Å²) in [6.45, 7) is 2.83. The quantitative estimate of drug-likeness (QED) is 0.400. The lowest BCUT2D eigenvalue weighted by molar-refractivity contribution is -0.141. The molecule has 2 fully saturated rings. The van der Waals surface area contributed by atoms with Crippen molar-refractivity contribution in [3.63, 3.8) is 0 Å². The van der Waals surface area contributed by atoms with Gasteiger partial charge in [-0.2, -0.15) is 0 Å². The van der Waals surface area contributed by atoms with Crippen LogP contribution in [-0.2, 0) is 14.3 Å². The Kier molecular flexibility index (Phi) is 9.11. The SMILES string of the molecule is O=C(NCC(C(=O)N1CCOCC1)C1CCCCC1)OCCCCC(=O)c1nc2ccccc2o1. The van der Waals surface area contributed by atoms with Gasteiger partial charge < -0.3 is 24.1 Å². The number of Topliss-reactive ketones (excluding diaryl/α,β-unsaturated/α-hetero) is 1. The summed E-state index contributed by atoms with van der Waals surface area (Å²) in [6.07, 6.45) is 6.37. The summed E-state index contributed by atoms with van der Waals surface area (Å²) in [5.41, 5.74) is 1.25. The summed E-state index contributed by atoms with van der Waals surface area (Å²) in [5, 5.41) is 2.81. The van der Waals surface area contributed by atoms with Crippen LogP contribution in [0.25, 0.3) is 11.1 Å². The van der Waals surface area contributed by atoms with E-state index in [1.165, 1.54) is 6.42 Å². The molecule has 1 atom stereocenters. The molecule has 190 valence electrons. The zero-order valence-corrected chi connectivity index (χ0v) is 20.2. The number of oxazole rings is 1. The third-order valence-corrected chi connectivity index (χ3v) is 6.89. The number of morpholine rings is 1. The van der Waals surface area contributed by atoms with E-state index < -0.39 is 6.09 Å². The maximum absolute atomic E-state index is 13.2. The van der Waals surface area contributed by atoms with Gasteiger partial charge in [-0.3, -0.25) is 9.59 Å². The van der Waals surface area contributed by atoms with Gasteiger partial charge in [-0.1, -0.05) is 31.4 Å². The fourth-order valence-corrected chi connectivity index (χ4v) is 4.91. The number of para-hydroxylation sites is 2. The molecule has 0 radical (unpaired) electrons. The number of hydrogen-bond acceptors (Lipinski definition) is 7. The first-order valence-electron chi connectivity index (χ1n) is 12.8. The fraction of sp³-hybridized carbons (Fsp3) is 0.615. The van der Waals surface area contributed by atoms with Crippen LogP contribution in [0.4, 0.5) is 4.79 Å². The number of alkyl carbamates (subject to hydrolysis) is 1. The number of aromatic nitrogens is 1. The molecule has 35 heavy (non-hydrogen) atoms. The van der Waals surface area contributed by atoms with E-state index in [0.717, 1.165) is 25.7 Å². The van der Waals surface area contributed by atoms with Gasteiger partial charge in [0.2, 0.25) is 11.7 Å². The molecule has 2 aromatic rings. The lowest BCUT2D eigenvalue weighted by Crippen LogP contribution is -2.49. The molecule has 1 aliphatic carbocycles. The van der Waals surface area contributed by atoms with Gasteiger partial charge in [-0.15, -0.1) is 0 Å². The topological polar surface area (TPSA) is 111 Å². The Labute approximate surface area is 205 Å². The molecule has 1 saturated carbocycles. The molecule has 9 heteroatoms. The van der Waals surface area contributed by atoms with E-state index in [0.29, 0.717) is 50.2 Å². The average molecular weight is 486 g/mol. The fourth-order valence-electron chi connectivity index (χ4n) is 4.91. The second-order valence-corrected chi connectivity index (χ2v) is 9.33. The van der Waals surface area contributed by atoms with E-state index in [4.69, 9.17) is 13.9 Å². The highest BCUT2D eigenvalue weighted by Crippen LogP contribution is 2.31. The monoisotopic (exact) mass is 485 g/mol. The van der Waals surface area contributed by atoms with E-state index in [-0.39, 0.29) is 49.0 Å². The van der Waals surface area contributed by atoms with E-state index in [2.05, 4.69) is 10.3 Å². The summed E-state index contributed by atoms with van der Waals surface area (Å²) in [5.74, 6) is 0.122. The van der Waals surface area contributed by atoms with Crippen molar-refractivity contribution in [2.75, 3.05) is 39.5 Å². The minimum absolute atomic E-state index is 0.109. The average Bonchev–Trinajstić information content (AvgIpc) is 3.34. The van der Waals surface area contributed by atoms with Crippen molar-refractivity contribution in [1.29, 1.82) is 0 Å². The van der Waals surface area contributed by atoms with Gasteiger partial charge >= 0.3 is 6.09 Å². The molecule has 1 unspecified atom stereocenters. The van der Waals surface area contributed by atoms with E-state index in [9.17, 15) is 14.4 Å². The second kappa shape index (κ2) is 12.7. The van der Waals surface area contributed by atoms with Gasteiger partial charge in [0, 0.05) is 26.1 Å². The van der Waals surface area contributed by atoms with Crippen LogP contribution in [0.3, 0.4) is 0 Å². The predicted octanol–water partition coefficient (Wildman–Crippen LogP) is 3.96. The minimum Gasteiger partial charge on any atom is -0.450 e. The Morgan fingerprint density at radius 3 is 2.63 bits per heavy atom. The lowest BCUT2D eigenvalue weighted by Gasteiger charge is -2.35. The first-order valence-corrected chi connectivity index (χ1v) is 12.8. The van der Waals surface area contributed by atoms with Crippen LogP contribution in [0.2, 0.25) is 0 Å². The molecule has 2 heterocycles. The molecule has 2 amide bonds. The number of benzene rings is 1. The van der Waals surface area contributed by atoms with Crippen LogP contribution in [0, 0.1) is 11.8 Å². The molecule has 2 aliphatic rings. The third kappa shape index (κ3) is 7.04. The van der Waals surface area contributed by atoms with Gasteiger partial charge in [0.05, 0.1) is 25.7 Å². The first kappa shape index (κ1) is 25.2. The van der Waals surface area contributed by atoms with Crippen LogP contribution in [-0.4, -0.2) is 67.1 Å². The Morgan fingerprint density at radius 1 is 1.09 bits per heavy atom. The molecule has 1 aliphatic heterocycles. The van der Waals surface area contributed by atoms with Gasteiger partial charge in [0.15, 0.2) is 5.58 Å². The molecule has 1 N–H and O–H groups in total. The van der Waals surface area contributed by atoms with Crippen LogP contribution in [0.1, 0.15) is 62.1 Å². The van der Waals surface area contributed by atoms with Crippen molar-refractivity contribution < 1.29 is 28.3 Å². The highest BCUT2D eigenvalue weighted by Gasteiger charge is 2.33. The van der Waals surface area contributed by atoms with Gasteiger partial charge in [-0.05, 0) is 43.7 Å². The second-order valence-electron chi connectivity index (χ2n) is 9.33.